The van der Waals surface area contributed by atoms with Gasteiger partial charge < -0.3 is 24.4 Å². The molecule has 2 aliphatic rings. The van der Waals surface area contributed by atoms with Crippen LogP contribution < -0.4 is 14.8 Å². The summed E-state index contributed by atoms with van der Waals surface area (Å²) in [5, 5.41) is 9.05. The van der Waals surface area contributed by atoms with Crippen LogP contribution in [0.1, 0.15) is 40.0 Å². The first-order chi connectivity index (χ1) is 15.1. The van der Waals surface area contributed by atoms with Gasteiger partial charge in [-0.25, -0.2) is 4.79 Å². The molecule has 174 valence electrons. The fourth-order valence-corrected chi connectivity index (χ4v) is 3.72. The zero-order valence-corrected chi connectivity index (χ0v) is 18.1. The van der Waals surface area contributed by atoms with Crippen molar-refractivity contribution >= 4 is 17.7 Å². The summed E-state index contributed by atoms with van der Waals surface area (Å²) in [7, 11) is 0. The van der Waals surface area contributed by atoms with Crippen LogP contribution in [0, 0.1) is 5.41 Å². The van der Waals surface area contributed by atoms with Gasteiger partial charge in [-0.2, -0.15) is 13.8 Å². The highest BCUT2D eigenvalue weighted by Gasteiger charge is 2.55. The van der Waals surface area contributed by atoms with Crippen molar-refractivity contribution < 1.29 is 27.8 Å². The Kier molecular flexibility index (Phi) is 5.78. The quantitative estimate of drug-likeness (QED) is 0.682. The first kappa shape index (κ1) is 22.0. The molecule has 32 heavy (non-hydrogen) atoms. The number of aromatic amines is 1. The summed E-state index contributed by atoms with van der Waals surface area (Å²) in [6, 6.07) is 1.28. The lowest BCUT2D eigenvalue weighted by Gasteiger charge is -2.39. The van der Waals surface area contributed by atoms with Crippen LogP contribution in [-0.2, 0) is 4.74 Å². The third-order valence-electron chi connectivity index (χ3n) is 5.30. The molecule has 1 aliphatic heterocycles. The summed E-state index contributed by atoms with van der Waals surface area (Å²) >= 11 is 0. The van der Waals surface area contributed by atoms with Crippen molar-refractivity contribution in [1.29, 1.82) is 0 Å². The van der Waals surface area contributed by atoms with Crippen LogP contribution in [0.4, 0.5) is 25.2 Å². The summed E-state index contributed by atoms with van der Waals surface area (Å²) in [5.74, 6) is 0.762. The maximum absolute atomic E-state index is 12.4. The Morgan fingerprint density at radius 2 is 2.09 bits per heavy atom. The lowest BCUT2D eigenvalue weighted by Crippen LogP contribution is -2.50. The molecule has 0 radical (unpaired) electrons. The second-order valence-corrected chi connectivity index (χ2v) is 9.03. The van der Waals surface area contributed by atoms with Gasteiger partial charge in [-0.15, -0.1) is 5.10 Å². The van der Waals surface area contributed by atoms with E-state index in [1.165, 1.54) is 18.5 Å². The van der Waals surface area contributed by atoms with Gasteiger partial charge in [0.05, 0.1) is 12.4 Å². The van der Waals surface area contributed by atoms with Crippen LogP contribution in [0.25, 0.3) is 0 Å². The Balaban J connectivity index is 1.37. The number of ether oxygens (including phenoxy) is 3. The molecule has 1 spiro atoms. The van der Waals surface area contributed by atoms with E-state index in [0.717, 1.165) is 12.8 Å². The van der Waals surface area contributed by atoms with E-state index in [9.17, 15) is 13.6 Å². The molecule has 2 aromatic heterocycles. The SMILES string of the molecule is CC(C)(C)OC(=O)N1CC[C@H](Oc2cncc(Nc3cc(OC(F)F)n[nH]3)n2)C2(CC2)C1. The number of piperidine rings is 1. The predicted molar refractivity (Wildman–Crippen MR) is 109 cm³/mol. The van der Waals surface area contributed by atoms with E-state index in [4.69, 9.17) is 9.47 Å². The Morgan fingerprint density at radius 1 is 1.31 bits per heavy atom. The average Bonchev–Trinajstić information content (AvgIpc) is 3.33. The van der Waals surface area contributed by atoms with Crippen LogP contribution in [0.2, 0.25) is 0 Å². The van der Waals surface area contributed by atoms with Gasteiger partial charge in [0, 0.05) is 31.0 Å². The molecular formula is C20H26F2N6O4. The van der Waals surface area contributed by atoms with E-state index >= 15 is 0 Å². The number of amides is 1. The molecule has 1 aliphatic carbocycles. The van der Waals surface area contributed by atoms with Crippen molar-refractivity contribution in [2.75, 3.05) is 18.4 Å². The number of carbonyl (C=O) groups excluding carboxylic acids is 1. The van der Waals surface area contributed by atoms with Crippen LogP contribution in [-0.4, -0.2) is 62.6 Å². The number of nitrogens with zero attached hydrogens (tertiary/aromatic N) is 4. The zero-order chi connectivity index (χ0) is 22.9. The Labute approximate surface area is 183 Å². The summed E-state index contributed by atoms with van der Waals surface area (Å²) in [5.41, 5.74) is -0.643. The van der Waals surface area contributed by atoms with Gasteiger partial charge in [-0.05, 0) is 33.6 Å². The summed E-state index contributed by atoms with van der Waals surface area (Å²) in [6.07, 6.45) is 5.17. The predicted octanol–water partition coefficient (Wildman–Crippen LogP) is 3.71. The van der Waals surface area contributed by atoms with E-state index in [-0.39, 0.29) is 23.5 Å². The molecule has 2 N–H and O–H groups in total. The summed E-state index contributed by atoms with van der Waals surface area (Å²) in [4.78, 5) is 22.7. The molecule has 1 saturated carbocycles. The summed E-state index contributed by atoms with van der Waals surface area (Å²) in [6.45, 7) is 3.71. The molecule has 3 heterocycles. The highest BCUT2D eigenvalue weighted by Crippen LogP contribution is 2.53. The number of hydrogen-bond acceptors (Lipinski definition) is 8. The van der Waals surface area contributed by atoms with Gasteiger partial charge >= 0.3 is 12.7 Å². The molecule has 4 rings (SSSR count). The topological polar surface area (TPSA) is 114 Å². The normalized spacial score (nSPS) is 19.7. The van der Waals surface area contributed by atoms with Gasteiger partial charge in [-0.1, -0.05) is 0 Å². The number of alkyl halides is 2. The van der Waals surface area contributed by atoms with E-state index in [0.29, 0.717) is 37.0 Å². The van der Waals surface area contributed by atoms with Crippen LogP contribution in [0.15, 0.2) is 18.5 Å². The largest absolute Gasteiger partial charge is 0.472 e. The molecular weight excluding hydrogens is 426 g/mol. The van der Waals surface area contributed by atoms with Crippen LogP contribution in [0.5, 0.6) is 11.8 Å². The fraction of sp³-hybridized carbons (Fsp3) is 0.600. The lowest BCUT2D eigenvalue weighted by atomic mass is 9.91. The Hall–Kier alpha value is -3.18. The zero-order valence-electron chi connectivity index (χ0n) is 18.1. The highest BCUT2D eigenvalue weighted by atomic mass is 19.3. The molecule has 12 heteroatoms. The fourth-order valence-electron chi connectivity index (χ4n) is 3.72. The minimum absolute atomic E-state index is 0.0936. The highest BCUT2D eigenvalue weighted by molar-refractivity contribution is 5.68. The molecule has 0 bridgehead atoms. The number of H-pyrrole nitrogens is 1. The number of halogens is 2. The molecule has 1 atom stereocenters. The standard InChI is InChI=1S/C20H26F2N6O4/c1-19(2,3)32-18(29)28-7-4-12(20(11-28)5-6-20)30-16-10-23-9-14(25-16)24-13-8-15(27-26-13)31-17(21)22/h8-10,12,17H,4-7,11H2,1-3H3,(H2,24,25,26,27)/t12-/m0/s1. The maximum Gasteiger partial charge on any atom is 0.410 e. The van der Waals surface area contributed by atoms with Gasteiger partial charge in [0.25, 0.3) is 0 Å². The third kappa shape index (κ3) is 5.35. The second kappa shape index (κ2) is 8.40. The number of rotatable bonds is 6. The van der Waals surface area contributed by atoms with Gasteiger partial charge in [0.15, 0.2) is 5.82 Å². The average molecular weight is 452 g/mol. The lowest BCUT2D eigenvalue weighted by molar-refractivity contribution is -0.0528. The van der Waals surface area contributed by atoms with E-state index in [1.54, 1.807) is 4.90 Å². The molecule has 1 saturated heterocycles. The molecule has 10 nitrogen and oxygen atoms in total. The van der Waals surface area contributed by atoms with Gasteiger partial charge in [0.2, 0.25) is 11.8 Å². The molecule has 0 unspecified atom stereocenters. The van der Waals surface area contributed by atoms with Gasteiger partial charge in [0.1, 0.15) is 17.5 Å². The van der Waals surface area contributed by atoms with Crippen molar-refractivity contribution in [3.63, 3.8) is 0 Å². The second-order valence-electron chi connectivity index (χ2n) is 9.03. The van der Waals surface area contributed by atoms with E-state index < -0.39 is 12.2 Å². The third-order valence-corrected chi connectivity index (χ3v) is 5.30. The van der Waals surface area contributed by atoms with Crippen molar-refractivity contribution in [2.45, 2.75) is 58.4 Å². The first-order valence-corrected chi connectivity index (χ1v) is 10.4. The van der Waals surface area contributed by atoms with Crippen molar-refractivity contribution in [1.82, 2.24) is 25.1 Å². The molecule has 2 fully saturated rings. The minimum atomic E-state index is -2.96. The van der Waals surface area contributed by atoms with E-state index in [1.807, 2.05) is 20.8 Å². The van der Waals surface area contributed by atoms with Crippen molar-refractivity contribution in [2.24, 2.45) is 5.41 Å². The van der Waals surface area contributed by atoms with Crippen LogP contribution >= 0.6 is 0 Å². The van der Waals surface area contributed by atoms with Crippen LogP contribution in [0.3, 0.4) is 0 Å². The smallest absolute Gasteiger partial charge is 0.410 e. The molecule has 2 aromatic rings. The number of hydrogen-bond donors (Lipinski definition) is 2. The number of aromatic nitrogens is 4. The maximum atomic E-state index is 12.4. The number of nitrogens with one attached hydrogen (secondary N) is 2. The Bertz CT molecular complexity index is 960. The molecule has 1 amide bonds. The minimum Gasteiger partial charge on any atom is -0.472 e. The van der Waals surface area contributed by atoms with E-state index in [2.05, 4.69) is 30.2 Å². The number of carbonyl (C=O) groups is 1. The van der Waals surface area contributed by atoms with Crippen molar-refractivity contribution in [3.8, 4) is 11.8 Å². The number of anilines is 2. The van der Waals surface area contributed by atoms with Crippen molar-refractivity contribution in [3.05, 3.63) is 18.5 Å². The summed E-state index contributed by atoms with van der Waals surface area (Å²) < 4.78 is 40.4. The molecule has 0 aromatic carbocycles. The Morgan fingerprint density at radius 3 is 2.78 bits per heavy atom. The monoisotopic (exact) mass is 452 g/mol. The first-order valence-electron chi connectivity index (χ1n) is 10.4. The van der Waals surface area contributed by atoms with Gasteiger partial charge in [-0.3, -0.25) is 10.1 Å². The number of likely N-dealkylation sites (tertiary alicyclic amines) is 1.